The van der Waals surface area contributed by atoms with Crippen LogP contribution in [-0.2, 0) is 14.3 Å². The Balaban J connectivity index is 0.000000360. The van der Waals surface area contributed by atoms with Crippen molar-refractivity contribution >= 4 is 11.9 Å². The molecule has 1 amide bonds. The molecule has 3 heterocycles. The number of aliphatic carboxylic acids is 1. The van der Waals surface area contributed by atoms with Gasteiger partial charge in [-0.15, -0.1) is 0 Å². The van der Waals surface area contributed by atoms with Crippen molar-refractivity contribution in [2.24, 2.45) is 5.92 Å². The molecule has 2 saturated heterocycles. The Morgan fingerprint density at radius 3 is 2.69 bits per heavy atom. The van der Waals surface area contributed by atoms with Crippen LogP contribution in [0.5, 0.6) is 5.88 Å². The number of carboxylic acids is 1. The molecule has 3 aliphatic rings. The van der Waals surface area contributed by atoms with E-state index in [9.17, 15) is 22.4 Å². The van der Waals surface area contributed by atoms with Gasteiger partial charge in [-0.3, -0.25) is 4.79 Å². The Morgan fingerprint density at radius 2 is 2.06 bits per heavy atom. The lowest BCUT2D eigenvalue weighted by Crippen LogP contribution is -2.44. The number of aromatic nitrogens is 1. The maximum Gasteiger partial charge on any atom is 0.490 e. The molecule has 1 N–H and O–H groups in total. The largest absolute Gasteiger partial charge is 0.490 e. The summed E-state index contributed by atoms with van der Waals surface area (Å²) in [6, 6.07) is 2.87. The SMILES string of the molecule is O=C(CC1C=CCC1)N1C[C@@H](Oc2ncccc2F)[C@H]2OCCC[C@H]21.O=C(O)C(F)(F)F. The number of likely N-dealkylation sites (tertiary alicyclic amines) is 1. The van der Waals surface area contributed by atoms with Crippen LogP contribution in [0.2, 0.25) is 0 Å². The van der Waals surface area contributed by atoms with Gasteiger partial charge in [0.25, 0.3) is 5.88 Å². The van der Waals surface area contributed by atoms with Gasteiger partial charge in [0.15, 0.2) is 5.82 Å². The molecule has 1 aliphatic carbocycles. The normalized spacial score (nSPS) is 26.8. The number of halogens is 4. The van der Waals surface area contributed by atoms with E-state index in [4.69, 9.17) is 19.4 Å². The third-order valence-electron chi connectivity index (χ3n) is 5.58. The number of fused-ring (bicyclic) bond motifs is 1. The molecule has 11 heteroatoms. The Hall–Kier alpha value is -2.69. The highest BCUT2D eigenvalue weighted by Crippen LogP contribution is 2.33. The van der Waals surface area contributed by atoms with E-state index in [-0.39, 0.29) is 30.0 Å². The second-order valence-electron chi connectivity index (χ2n) is 7.81. The van der Waals surface area contributed by atoms with Gasteiger partial charge >= 0.3 is 12.1 Å². The van der Waals surface area contributed by atoms with Crippen molar-refractivity contribution in [2.75, 3.05) is 13.2 Å². The Kier molecular flexibility index (Phi) is 7.70. The van der Waals surface area contributed by atoms with Gasteiger partial charge in [0.05, 0.1) is 12.6 Å². The molecule has 0 spiro atoms. The van der Waals surface area contributed by atoms with Gasteiger partial charge in [0.2, 0.25) is 5.91 Å². The van der Waals surface area contributed by atoms with Crippen LogP contribution in [0.3, 0.4) is 0 Å². The van der Waals surface area contributed by atoms with Gasteiger partial charge in [-0.1, -0.05) is 12.2 Å². The fourth-order valence-corrected chi connectivity index (χ4v) is 4.11. The zero-order chi connectivity index (χ0) is 23.3. The van der Waals surface area contributed by atoms with Crippen molar-refractivity contribution in [1.82, 2.24) is 9.88 Å². The lowest BCUT2D eigenvalue weighted by molar-refractivity contribution is -0.192. The summed E-state index contributed by atoms with van der Waals surface area (Å²) in [7, 11) is 0. The summed E-state index contributed by atoms with van der Waals surface area (Å²) >= 11 is 0. The second-order valence-corrected chi connectivity index (χ2v) is 7.81. The second kappa shape index (κ2) is 10.3. The maximum atomic E-state index is 13.9. The van der Waals surface area contributed by atoms with Crippen molar-refractivity contribution < 1.29 is 41.7 Å². The minimum atomic E-state index is -5.08. The van der Waals surface area contributed by atoms with Crippen molar-refractivity contribution in [3.8, 4) is 5.88 Å². The minimum absolute atomic E-state index is 0.0170. The molecule has 1 aromatic heterocycles. The molecular weight excluding hydrogens is 436 g/mol. The number of carbonyl (C=O) groups is 2. The number of carbonyl (C=O) groups excluding carboxylic acids is 1. The highest BCUT2D eigenvalue weighted by molar-refractivity contribution is 5.77. The van der Waals surface area contributed by atoms with E-state index < -0.39 is 18.0 Å². The molecule has 176 valence electrons. The molecule has 1 unspecified atom stereocenters. The van der Waals surface area contributed by atoms with Crippen LogP contribution in [0, 0.1) is 11.7 Å². The van der Waals surface area contributed by atoms with Crippen molar-refractivity contribution in [3.63, 3.8) is 0 Å². The van der Waals surface area contributed by atoms with Crippen LogP contribution >= 0.6 is 0 Å². The summed E-state index contributed by atoms with van der Waals surface area (Å²) in [6.07, 6.45) is 4.58. The molecule has 32 heavy (non-hydrogen) atoms. The van der Waals surface area contributed by atoms with Crippen LogP contribution in [0.25, 0.3) is 0 Å². The summed E-state index contributed by atoms with van der Waals surface area (Å²) in [5.41, 5.74) is 0. The number of hydrogen-bond donors (Lipinski definition) is 1. The zero-order valence-corrected chi connectivity index (χ0v) is 17.1. The quantitative estimate of drug-likeness (QED) is 0.548. The molecule has 1 aromatic rings. The van der Waals surface area contributed by atoms with Gasteiger partial charge in [0.1, 0.15) is 12.2 Å². The Bertz CT molecular complexity index is 848. The predicted octanol–water partition coefficient (Wildman–Crippen LogP) is 3.35. The molecule has 2 aliphatic heterocycles. The van der Waals surface area contributed by atoms with E-state index in [1.165, 1.54) is 18.3 Å². The third-order valence-corrected chi connectivity index (χ3v) is 5.58. The molecule has 2 fully saturated rings. The van der Waals surface area contributed by atoms with Gasteiger partial charge < -0.3 is 19.5 Å². The fourth-order valence-electron chi connectivity index (χ4n) is 4.11. The average Bonchev–Trinajstić information content (AvgIpc) is 3.38. The third kappa shape index (κ3) is 5.96. The van der Waals surface area contributed by atoms with Crippen LogP contribution in [0.4, 0.5) is 17.6 Å². The van der Waals surface area contributed by atoms with Crippen LogP contribution < -0.4 is 4.74 Å². The highest BCUT2D eigenvalue weighted by Gasteiger charge is 2.47. The predicted molar refractivity (Wildman–Crippen MR) is 103 cm³/mol. The maximum absolute atomic E-state index is 13.9. The fraction of sp³-hybridized carbons (Fsp3) is 0.571. The van der Waals surface area contributed by atoms with Gasteiger partial charge in [-0.2, -0.15) is 13.2 Å². The van der Waals surface area contributed by atoms with Crippen LogP contribution in [-0.4, -0.2) is 64.4 Å². The monoisotopic (exact) mass is 460 g/mol. The molecule has 4 rings (SSSR count). The van der Waals surface area contributed by atoms with Crippen LogP contribution in [0.15, 0.2) is 30.5 Å². The number of amides is 1. The summed E-state index contributed by atoms with van der Waals surface area (Å²) in [4.78, 5) is 27.6. The Labute approximate surface area is 182 Å². The van der Waals surface area contributed by atoms with E-state index in [0.717, 1.165) is 25.7 Å². The summed E-state index contributed by atoms with van der Waals surface area (Å²) in [6.45, 7) is 1.08. The molecule has 7 nitrogen and oxygen atoms in total. The number of hydrogen-bond acceptors (Lipinski definition) is 5. The topological polar surface area (TPSA) is 89.0 Å². The molecule has 0 saturated carbocycles. The van der Waals surface area contributed by atoms with Crippen molar-refractivity contribution in [2.45, 2.75) is 56.5 Å². The van der Waals surface area contributed by atoms with E-state index in [2.05, 4.69) is 17.1 Å². The van der Waals surface area contributed by atoms with E-state index in [1.54, 1.807) is 0 Å². The smallest absolute Gasteiger partial charge is 0.475 e. The molecule has 4 atom stereocenters. The van der Waals surface area contributed by atoms with Gasteiger partial charge in [0, 0.05) is 19.2 Å². The summed E-state index contributed by atoms with van der Waals surface area (Å²) in [5.74, 6) is -2.79. The number of allylic oxidation sites excluding steroid dienone is 2. The van der Waals surface area contributed by atoms with E-state index >= 15 is 0 Å². The first-order valence-electron chi connectivity index (χ1n) is 10.3. The van der Waals surface area contributed by atoms with Crippen LogP contribution in [0.1, 0.15) is 32.1 Å². The average molecular weight is 460 g/mol. The number of ether oxygens (including phenoxy) is 2. The number of nitrogens with zero attached hydrogens (tertiary/aromatic N) is 2. The zero-order valence-electron chi connectivity index (χ0n) is 17.1. The Morgan fingerprint density at radius 1 is 1.31 bits per heavy atom. The standard InChI is InChI=1S/C19H23FN2O3.C2HF3O2/c20-14-7-3-9-21-19(14)25-16-12-22(15-8-4-10-24-18(15)16)17(23)11-13-5-1-2-6-13;3-2(4,5)1(6)7/h1,3,5,7,9,13,15-16,18H,2,4,6,8,10-12H2;(H,6,7)/t13?,15-,16-,18+;/m1./s1. The first-order chi connectivity index (χ1) is 15.2. The number of carboxylic acid groups (broad SMARTS) is 1. The molecule has 0 radical (unpaired) electrons. The summed E-state index contributed by atoms with van der Waals surface area (Å²) < 4.78 is 57.3. The molecule has 0 aromatic carbocycles. The van der Waals surface area contributed by atoms with E-state index in [1.807, 2.05) is 4.90 Å². The first kappa shape index (κ1) is 24.0. The lowest BCUT2D eigenvalue weighted by atomic mass is 10.0. The lowest BCUT2D eigenvalue weighted by Gasteiger charge is -2.32. The highest BCUT2D eigenvalue weighted by atomic mass is 19.4. The van der Waals surface area contributed by atoms with Crippen molar-refractivity contribution in [3.05, 3.63) is 36.3 Å². The summed E-state index contributed by atoms with van der Waals surface area (Å²) in [5, 5.41) is 7.12. The number of alkyl halides is 3. The van der Waals surface area contributed by atoms with Gasteiger partial charge in [-0.25, -0.2) is 14.2 Å². The van der Waals surface area contributed by atoms with Crippen molar-refractivity contribution in [1.29, 1.82) is 0 Å². The van der Waals surface area contributed by atoms with Gasteiger partial charge in [-0.05, 0) is 43.7 Å². The first-order valence-corrected chi connectivity index (χ1v) is 10.3. The minimum Gasteiger partial charge on any atom is -0.475 e. The number of pyridine rings is 1. The number of rotatable bonds is 4. The van der Waals surface area contributed by atoms with E-state index in [0.29, 0.717) is 25.5 Å². The molecule has 0 bridgehead atoms. The molecular formula is C21H24F4N2O5.